The van der Waals surface area contributed by atoms with Crippen LogP contribution in [0.15, 0.2) is 49.1 Å². The summed E-state index contributed by atoms with van der Waals surface area (Å²) >= 11 is 0. The highest BCUT2D eigenvalue weighted by atomic mass is 19.1. The van der Waals surface area contributed by atoms with E-state index in [1.165, 1.54) is 19.2 Å². The van der Waals surface area contributed by atoms with Gasteiger partial charge in [-0.2, -0.15) is 0 Å². The fraction of sp³-hybridized carbons (Fsp3) is 0.200. The Bertz CT molecular complexity index is 1240. The van der Waals surface area contributed by atoms with Crippen LogP contribution in [-0.2, 0) is 4.74 Å². The lowest BCUT2D eigenvalue weighted by atomic mass is 10.2. The van der Waals surface area contributed by atoms with Gasteiger partial charge in [0.1, 0.15) is 23.4 Å². The topological polar surface area (TPSA) is 120 Å². The van der Waals surface area contributed by atoms with E-state index in [2.05, 4.69) is 25.3 Å². The monoisotopic (exact) mass is 423 g/mol. The normalized spacial score (nSPS) is 12.1. The van der Waals surface area contributed by atoms with Crippen molar-refractivity contribution < 1.29 is 14.1 Å². The number of aromatic nitrogens is 5. The van der Waals surface area contributed by atoms with Crippen LogP contribution in [0.2, 0.25) is 0 Å². The van der Waals surface area contributed by atoms with Crippen molar-refractivity contribution in [3.05, 3.63) is 76.2 Å². The van der Waals surface area contributed by atoms with E-state index in [0.29, 0.717) is 17.0 Å². The minimum Gasteiger partial charge on any atom is -0.382 e. The Morgan fingerprint density at radius 2 is 2.03 bits per heavy atom. The van der Waals surface area contributed by atoms with E-state index in [0.717, 1.165) is 18.0 Å². The number of hydrogen-bond donors (Lipinski definition) is 1. The minimum atomic E-state index is -0.600. The molecule has 4 rings (SSSR count). The van der Waals surface area contributed by atoms with Crippen molar-refractivity contribution in [3.8, 4) is 11.5 Å². The third-order valence-corrected chi connectivity index (χ3v) is 4.60. The van der Waals surface area contributed by atoms with Crippen LogP contribution in [0, 0.1) is 22.9 Å². The number of nitrogens with one attached hydrogen (secondary N) is 1. The number of rotatable bonds is 7. The van der Waals surface area contributed by atoms with Gasteiger partial charge in [-0.05, 0) is 30.7 Å². The van der Waals surface area contributed by atoms with Crippen molar-refractivity contribution in [2.45, 2.75) is 13.0 Å². The Hall–Kier alpha value is -3.99. The molecule has 10 nitrogen and oxygen atoms in total. The Kier molecular flexibility index (Phi) is 5.50. The van der Waals surface area contributed by atoms with E-state index in [1.54, 1.807) is 6.20 Å². The van der Waals surface area contributed by atoms with Crippen molar-refractivity contribution in [1.82, 2.24) is 24.3 Å². The molecule has 0 saturated heterocycles. The van der Waals surface area contributed by atoms with Crippen molar-refractivity contribution in [2.24, 2.45) is 0 Å². The van der Waals surface area contributed by atoms with E-state index in [4.69, 9.17) is 4.74 Å². The number of ether oxygens (including phenoxy) is 1. The quantitative estimate of drug-likeness (QED) is 0.355. The molecular formula is C20H18FN7O3. The molecule has 0 aliphatic rings. The van der Waals surface area contributed by atoms with Gasteiger partial charge in [-0.15, -0.1) is 0 Å². The lowest BCUT2D eigenvalue weighted by molar-refractivity contribution is -0.384. The van der Waals surface area contributed by atoms with Crippen LogP contribution in [-0.4, -0.2) is 43.0 Å². The predicted molar refractivity (Wildman–Crippen MR) is 110 cm³/mol. The van der Waals surface area contributed by atoms with Gasteiger partial charge in [0, 0.05) is 13.3 Å². The Labute approximate surface area is 175 Å². The summed E-state index contributed by atoms with van der Waals surface area (Å²) in [5.74, 6) is -0.238. The highest BCUT2D eigenvalue weighted by molar-refractivity contribution is 5.63. The van der Waals surface area contributed by atoms with Gasteiger partial charge in [0.05, 0.1) is 35.7 Å². The maximum absolute atomic E-state index is 13.3. The van der Waals surface area contributed by atoms with Crippen LogP contribution in [0.5, 0.6) is 0 Å². The number of aryl methyl sites for hydroxylation is 1. The molecule has 0 bridgehead atoms. The maximum Gasteiger partial charge on any atom is 0.329 e. The summed E-state index contributed by atoms with van der Waals surface area (Å²) in [7, 11) is 1.48. The van der Waals surface area contributed by atoms with Crippen LogP contribution >= 0.6 is 0 Å². The lowest BCUT2D eigenvalue weighted by Crippen LogP contribution is -2.19. The molecule has 1 unspecified atom stereocenters. The molecule has 31 heavy (non-hydrogen) atoms. The number of anilines is 1. The summed E-state index contributed by atoms with van der Waals surface area (Å²) < 4.78 is 20.3. The van der Waals surface area contributed by atoms with Crippen LogP contribution in [0.25, 0.3) is 17.2 Å². The average molecular weight is 423 g/mol. The molecule has 1 N–H and O–H groups in total. The summed E-state index contributed by atoms with van der Waals surface area (Å²) in [5.41, 5.74) is 2.43. The van der Waals surface area contributed by atoms with E-state index in [-0.39, 0.29) is 23.9 Å². The van der Waals surface area contributed by atoms with E-state index >= 15 is 0 Å². The number of hydrogen-bond acceptors (Lipinski definition) is 8. The van der Waals surface area contributed by atoms with Crippen LogP contribution in [0.1, 0.15) is 17.3 Å². The van der Waals surface area contributed by atoms with Gasteiger partial charge in [-0.1, -0.05) is 6.07 Å². The Morgan fingerprint density at radius 3 is 2.74 bits per heavy atom. The summed E-state index contributed by atoms with van der Waals surface area (Å²) in [6.45, 7) is 2.07. The molecule has 0 fully saturated rings. The minimum absolute atomic E-state index is 0.00854. The molecule has 0 aliphatic carbocycles. The molecule has 0 saturated carbocycles. The lowest BCUT2D eigenvalue weighted by Gasteiger charge is -2.18. The van der Waals surface area contributed by atoms with Gasteiger partial charge in [-0.25, -0.2) is 19.3 Å². The Morgan fingerprint density at radius 1 is 1.19 bits per heavy atom. The number of nitrogens with zero attached hydrogens (tertiary/aromatic N) is 6. The highest BCUT2D eigenvalue weighted by Crippen LogP contribution is 2.28. The summed E-state index contributed by atoms with van der Waals surface area (Å²) in [5, 5.41) is 14.6. The van der Waals surface area contributed by atoms with Crippen LogP contribution < -0.4 is 5.32 Å². The SMILES string of the molecule is COCC(Nc1nc(-c2cnc3ccc(C)cn23)ncc1[N+](=O)[O-])c1ccc(F)cn1. The van der Waals surface area contributed by atoms with Gasteiger partial charge in [0.25, 0.3) is 0 Å². The first-order valence-corrected chi connectivity index (χ1v) is 9.28. The molecule has 1 atom stereocenters. The van der Waals surface area contributed by atoms with Gasteiger partial charge in [-0.3, -0.25) is 19.5 Å². The molecule has 11 heteroatoms. The van der Waals surface area contributed by atoms with Gasteiger partial charge < -0.3 is 10.1 Å². The second-order valence-corrected chi connectivity index (χ2v) is 6.82. The van der Waals surface area contributed by atoms with Crippen LogP contribution in [0.3, 0.4) is 0 Å². The molecule has 158 valence electrons. The fourth-order valence-corrected chi connectivity index (χ4v) is 3.12. The zero-order valence-electron chi connectivity index (χ0n) is 16.7. The first-order valence-electron chi connectivity index (χ1n) is 9.28. The van der Waals surface area contributed by atoms with Crippen molar-refractivity contribution in [1.29, 1.82) is 0 Å². The largest absolute Gasteiger partial charge is 0.382 e. The number of halogens is 1. The van der Waals surface area contributed by atoms with E-state index in [1.807, 2.05) is 29.7 Å². The maximum atomic E-state index is 13.3. The third kappa shape index (κ3) is 4.16. The molecule has 0 amide bonds. The first-order chi connectivity index (χ1) is 15.0. The fourth-order valence-electron chi connectivity index (χ4n) is 3.12. The second kappa shape index (κ2) is 8.40. The van der Waals surface area contributed by atoms with Crippen molar-refractivity contribution in [2.75, 3.05) is 19.0 Å². The van der Waals surface area contributed by atoms with Crippen LogP contribution in [0.4, 0.5) is 15.9 Å². The second-order valence-electron chi connectivity index (χ2n) is 6.82. The number of fused-ring (bicyclic) bond motifs is 1. The zero-order valence-corrected chi connectivity index (χ0v) is 16.7. The molecule has 0 aromatic carbocycles. The molecule has 4 aromatic rings. The number of pyridine rings is 2. The number of imidazole rings is 1. The Balaban J connectivity index is 1.77. The number of nitro groups is 1. The number of methoxy groups -OCH3 is 1. The average Bonchev–Trinajstić information content (AvgIpc) is 3.17. The molecule has 0 aliphatic heterocycles. The summed E-state index contributed by atoms with van der Waals surface area (Å²) in [4.78, 5) is 27.9. The van der Waals surface area contributed by atoms with E-state index in [9.17, 15) is 14.5 Å². The van der Waals surface area contributed by atoms with Gasteiger partial charge in [0.15, 0.2) is 5.82 Å². The molecular weight excluding hydrogens is 405 g/mol. The van der Waals surface area contributed by atoms with Crippen molar-refractivity contribution >= 4 is 17.2 Å². The zero-order chi connectivity index (χ0) is 22.0. The van der Waals surface area contributed by atoms with Gasteiger partial charge in [0.2, 0.25) is 5.82 Å². The smallest absolute Gasteiger partial charge is 0.329 e. The molecule has 4 aromatic heterocycles. The highest BCUT2D eigenvalue weighted by Gasteiger charge is 2.23. The molecule has 0 radical (unpaired) electrons. The summed E-state index contributed by atoms with van der Waals surface area (Å²) in [6, 6.07) is 5.93. The standard InChI is InChI=1S/C20H18FN7O3/c1-12-3-6-18-23-8-16(27(18)10-12)19-24-9-17(28(29)30)20(26-19)25-15(11-31-2)14-5-4-13(21)7-22-14/h3-10,15H,11H2,1-2H3,(H,24,25,26). The van der Waals surface area contributed by atoms with Gasteiger partial charge >= 0.3 is 5.69 Å². The van der Waals surface area contributed by atoms with E-state index < -0.39 is 16.8 Å². The predicted octanol–water partition coefficient (Wildman–Crippen LogP) is 3.34. The van der Waals surface area contributed by atoms with Crippen molar-refractivity contribution in [3.63, 3.8) is 0 Å². The third-order valence-electron chi connectivity index (χ3n) is 4.60. The molecule has 4 heterocycles. The summed E-state index contributed by atoms with van der Waals surface area (Å²) in [6.07, 6.45) is 5.70. The first kappa shape index (κ1) is 20.3. The molecule has 0 spiro atoms.